The quantitative estimate of drug-likeness (QED) is 0.143. The molecular weight excluding hydrogens is 815 g/mol. The van der Waals surface area contributed by atoms with Gasteiger partial charge in [-0.25, -0.2) is 0 Å². The first-order chi connectivity index (χ1) is 28.5. The molecule has 0 spiro atoms. The molecule has 2 saturated heterocycles. The number of nitriles is 1. The lowest BCUT2D eigenvalue weighted by Crippen LogP contribution is -2.54. The average Bonchev–Trinajstić information content (AvgIpc) is 3.84. The number of thiophene rings is 1. The van der Waals surface area contributed by atoms with E-state index in [0.29, 0.717) is 113 Å². The Kier molecular flexibility index (Phi) is 15.2. The van der Waals surface area contributed by atoms with E-state index >= 15 is 0 Å². The van der Waals surface area contributed by atoms with Crippen molar-refractivity contribution in [3.05, 3.63) is 75.7 Å². The Morgan fingerprint density at radius 1 is 0.983 bits per heavy atom. The van der Waals surface area contributed by atoms with Crippen LogP contribution in [0.5, 0.6) is 11.5 Å². The Morgan fingerprint density at radius 2 is 1.72 bits per heavy atom. The van der Waals surface area contributed by atoms with Crippen molar-refractivity contribution in [3.63, 3.8) is 0 Å². The number of hydrogen-bond acceptors (Lipinski definition) is 8. The third kappa shape index (κ3) is 10.7. The first-order valence-corrected chi connectivity index (χ1v) is 21.2. The van der Waals surface area contributed by atoms with Crippen molar-refractivity contribution in [2.75, 3.05) is 26.2 Å². The van der Waals surface area contributed by atoms with Gasteiger partial charge in [0.1, 0.15) is 16.4 Å². The van der Waals surface area contributed by atoms with Crippen LogP contribution in [0, 0.1) is 22.7 Å². The topological polar surface area (TPSA) is 144 Å². The summed E-state index contributed by atoms with van der Waals surface area (Å²) in [5, 5.41) is 30.0. The molecule has 60 heavy (non-hydrogen) atoms. The molecule has 0 radical (unpaired) electrons. The maximum absolute atomic E-state index is 14.2. The molecule has 6 rings (SSSR count). The summed E-state index contributed by atoms with van der Waals surface area (Å²) < 4.78 is 82.8. The number of aromatic hydroxyl groups is 1. The van der Waals surface area contributed by atoms with Gasteiger partial charge in [0.15, 0.2) is 0 Å². The minimum absolute atomic E-state index is 0.138. The van der Waals surface area contributed by atoms with E-state index in [1.54, 1.807) is 4.90 Å². The number of hydrogen-bond donors (Lipinski definition) is 2. The number of amides is 2. The van der Waals surface area contributed by atoms with Gasteiger partial charge in [-0.3, -0.25) is 19.4 Å². The zero-order valence-corrected chi connectivity index (χ0v) is 34.2. The smallest absolute Gasteiger partial charge is 0.425 e. The van der Waals surface area contributed by atoms with E-state index in [2.05, 4.69) is 11.1 Å². The van der Waals surface area contributed by atoms with Crippen molar-refractivity contribution in [2.45, 2.75) is 114 Å². The predicted octanol–water partition coefficient (Wildman–Crippen LogP) is 9.87. The highest BCUT2D eigenvalue weighted by atomic mass is 32.1. The molecule has 3 aromatic rings. The highest BCUT2D eigenvalue weighted by molar-refractivity contribution is 7.10. The van der Waals surface area contributed by atoms with Gasteiger partial charge in [0.2, 0.25) is 5.91 Å². The van der Waals surface area contributed by atoms with Gasteiger partial charge < -0.3 is 24.7 Å². The van der Waals surface area contributed by atoms with E-state index in [0.717, 1.165) is 42.2 Å². The number of benzene rings is 1. The molecule has 4 heterocycles. The van der Waals surface area contributed by atoms with Gasteiger partial charge >= 0.3 is 18.3 Å². The number of likely N-dealkylation sites (tertiary alicyclic amines) is 2. The summed E-state index contributed by atoms with van der Waals surface area (Å²) >= 11 is 0.481. The van der Waals surface area contributed by atoms with Crippen LogP contribution in [0.15, 0.2) is 54.2 Å². The minimum atomic E-state index is -4.72. The van der Waals surface area contributed by atoms with Crippen LogP contribution < -0.4 is 4.74 Å². The highest BCUT2D eigenvalue weighted by Crippen LogP contribution is 2.44. The fourth-order valence-corrected chi connectivity index (χ4v) is 9.56. The number of ether oxygens (including phenoxy) is 1. The number of carboxylic acids is 1. The predicted molar refractivity (Wildman–Crippen MR) is 210 cm³/mol. The van der Waals surface area contributed by atoms with Crippen molar-refractivity contribution < 1.29 is 55.7 Å². The fraction of sp³-hybridized carbons (Fsp3) is 0.558. The second-order valence-electron chi connectivity index (χ2n) is 15.8. The molecule has 2 aromatic heterocycles. The molecule has 3 unspecified atom stereocenters. The van der Waals surface area contributed by atoms with Gasteiger partial charge in [0.05, 0.1) is 40.6 Å². The van der Waals surface area contributed by atoms with Crippen LogP contribution in [0.4, 0.5) is 26.3 Å². The van der Waals surface area contributed by atoms with E-state index in [9.17, 15) is 51.1 Å². The minimum Gasteiger partial charge on any atom is -0.507 e. The average molecular weight is 865 g/mol. The van der Waals surface area contributed by atoms with Crippen molar-refractivity contribution in [1.82, 2.24) is 14.8 Å². The molecule has 3 fully saturated rings. The number of aromatic nitrogens is 1. The van der Waals surface area contributed by atoms with Crippen molar-refractivity contribution in [2.24, 2.45) is 11.3 Å². The largest absolute Gasteiger partial charge is 0.507 e. The van der Waals surface area contributed by atoms with Crippen LogP contribution >= 0.6 is 11.3 Å². The molecule has 1 aromatic carbocycles. The zero-order valence-electron chi connectivity index (χ0n) is 33.4. The summed E-state index contributed by atoms with van der Waals surface area (Å²) in [6, 6.07) is 10.9. The number of alkyl halides is 6. The van der Waals surface area contributed by atoms with E-state index in [1.165, 1.54) is 4.90 Å². The Bertz CT molecular complexity index is 1990. The van der Waals surface area contributed by atoms with Crippen molar-refractivity contribution >= 4 is 29.1 Å². The maximum Gasteiger partial charge on any atom is 0.425 e. The second-order valence-corrected chi connectivity index (χ2v) is 16.7. The van der Waals surface area contributed by atoms with E-state index < -0.39 is 63.0 Å². The molecular formula is C43H50F6N4O6S. The molecule has 10 nitrogen and oxygen atoms in total. The summed E-state index contributed by atoms with van der Waals surface area (Å²) in [5.74, 6) is -1.97. The molecule has 17 heteroatoms. The molecule has 2 amide bonds. The number of pyridine rings is 1. The lowest BCUT2D eigenvalue weighted by atomic mass is 9.75. The van der Waals surface area contributed by atoms with Crippen molar-refractivity contribution in [1.29, 1.82) is 5.26 Å². The lowest BCUT2D eigenvalue weighted by Gasteiger charge is -2.42. The van der Waals surface area contributed by atoms with Gasteiger partial charge in [0.25, 0.3) is 5.91 Å². The molecule has 3 atom stereocenters. The van der Waals surface area contributed by atoms with Crippen LogP contribution in [0.2, 0.25) is 0 Å². The molecule has 2 N–H and O–H groups in total. The standard InChI is InChI=1S/C38H47F3N4O5.C5H3F3OS/c1-2-10-31-27(11-7-22-45(31)34(47)28-25-43-20-14-29(28)38(39,40)41)33(46)44-21-8-17-37(26-42,19-23-44)30-12-3-4-13-32(30)50-24-9-18-36(35(48)49)15-5-6-16-36;6-5(7,8)4-1-3(9)2-10-4/h3-4,12-14,20,25,27,31H,2,5-11,15-19,21-24H2,1H3,(H,48,49);1-2,9H. The molecule has 326 valence electrons. The molecule has 1 saturated carbocycles. The number of rotatable bonds is 11. The zero-order chi connectivity index (χ0) is 43.7. The number of carbonyl (C=O) groups is 3. The Hall–Kier alpha value is -4.85. The lowest BCUT2D eigenvalue weighted by molar-refractivity contribution is -0.149. The van der Waals surface area contributed by atoms with Crippen LogP contribution in [0.1, 0.15) is 117 Å². The second kappa shape index (κ2) is 19.7. The maximum atomic E-state index is 14.2. The summed E-state index contributed by atoms with van der Waals surface area (Å²) in [6.45, 7) is 3.25. The normalized spacial score (nSPS) is 21.9. The first kappa shape index (κ1) is 46.2. The van der Waals surface area contributed by atoms with Gasteiger partial charge in [-0.2, -0.15) is 31.6 Å². The molecule has 2 aliphatic heterocycles. The third-order valence-corrected chi connectivity index (χ3v) is 13.0. The Labute approximate surface area is 349 Å². The SMILES string of the molecule is CCCC1C(C(=O)N2CCCC(C#N)(c3ccccc3OCCCC3(C(=O)O)CCCC3)CC2)CCCN1C(=O)c1cnccc1C(F)(F)F.Oc1csc(C(F)(F)F)c1. The first-order valence-electron chi connectivity index (χ1n) is 20.3. The number of halogens is 6. The van der Waals surface area contributed by atoms with Gasteiger partial charge in [-0.05, 0) is 76.3 Å². The molecule has 0 bridgehead atoms. The summed E-state index contributed by atoms with van der Waals surface area (Å²) in [5.41, 5.74) is -2.39. The number of aliphatic carboxylic acids is 1. The monoisotopic (exact) mass is 864 g/mol. The third-order valence-electron chi connectivity index (χ3n) is 12.0. The number of nitrogens with zero attached hydrogens (tertiary/aromatic N) is 4. The van der Waals surface area contributed by atoms with Gasteiger partial charge in [-0.1, -0.05) is 44.4 Å². The highest BCUT2D eigenvalue weighted by Gasteiger charge is 2.45. The van der Waals surface area contributed by atoms with Gasteiger partial charge in [0, 0.05) is 55.1 Å². The van der Waals surface area contributed by atoms with Crippen molar-refractivity contribution in [3.8, 4) is 17.6 Å². The summed E-state index contributed by atoms with van der Waals surface area (Å²) in [6.07, 6.45) is 0.818. The summed E-state index contributed by atoms with van der Waals surface area (Å²) in [7, 11) is 0. The number of carboxylic acid groups (broad SMARTS) is 1. The van der Waals surface area contributed by atoms with E-state index in [-0.39, 0.29) is 18.2 Å². The Balaban J connectivity index is 0.000000597. The fourth-order valence-electron chi connectivity index (χ4n) is 8.93. The van der Waals surface area contributed by atoms with E-state index in [4.69, 9.17) is 9.84 Å². The molecule has 1 aliphatic carbocycles. The number of piperidine rings is 1. The number of carbonyl (C=O) groups excluding carboxylic acids is 2. The van der Waals surface area contributed by atoms with Crippen LogP contribution in [0.25, 0.3) is 0 Å². The molecule has 3 aliphatic rings. The van der Waals surface area contributed by atoms with E-state index in [1.807, 2.05) is 31.2 Å². The van der Waals surface area contributed by atoms with Gasteiger partial charge in [-0.15, -0.1) is 11.3 Å². The van der Waals surface area contributed by atoms with Crippen LogP contribution in [0.3, 0.4) is 0 Å². The number of para-hydroxylation sites is 1. The Morgan fingerprint density at radius 3 is 2.33 bits per heavy atom. The summed E-state index contributed by atoms with van der Waals surface area (Å²) in [4.78, 5) is 46.1. The van der Waals surface area contributed by atoms with Crippen LogP contribution in [-0.4, -0.2) is 75.1 Å². The van der Waals surface area contributed by atoms with Crippen LogP contribution in [-0.2, 0) is 27.4 Å².